The molecule has 0 aliphatic heterocycles. The number of rotatable bonds is 6. The van der Waals surface area contributed by atoms with Gasteiger partial charge < -0.3 is 10.2 Å². The van der Waals surface area contributed by atoms with Gasteiger partial charge in [0.25, 0.3) is 0 Å². The van der Waals surface area contributed by atoms with E-state index in [0.29, 0.717) is 46.8 Å². The van der Waals surface area contributed by atoms with Crippen molar-refractivity contribution in [3.05, 3.63) is 77.9 Å². The summed E-state index contributed by atoms with van der Waals surface area (Å²) in [7, 11) is 0. The minimum absolute atomic E-state index is 0.175. The van der Waals surface area contributed by atoms with Crippen LogP contribution < -0.4 is 0 Å². The van der Waals surface area contributed by atoms with Crippen molar-refractivity contribution in [1.29, 1.82) is 0 Å². The number of hydrogen-bond donors (Lipinski definition) is 2. The Morgan fingerprint density at radius 3 is 2.05 bits per heavy atom. The van der Waals surface area contributed by atoms with Gasteiger partial charge in [-0.15, -0.1) is 0 Å². The second kappa shape index (κ2) is 11.1. The first-order valence-electron chi connectivity index (χ1n) is 16.4. The van der Waals surface area contributed by atoms with Crippen molar-refractivity contribution < 1.29 is 10.2 Å². The third kappa shape index (κ3) is 4.62. The topological polar surface area (TPSA) is 40.5 Å². The smallest absolute Gasteiger partial charge is 0.0605 e. The van der Waals surface area contributed by atoms with Gasteiger partial charge in [-0.2, -0.15) is 0 Å². The first-order valence-corrected chi connectivity index (χ1v) is 16.4. The monoisotopic (exact) mass is 540 g/mol. The van der Waals surface area contributed by atoms with Gasteiger partial charge >= 0.3 is 0 Å². The highest BCUT2D eigenvalue weighted by molar-refractivity contribution is 5.79. The number of fused-ring (bicyclic) bond motifs is 5. The molecule has 2 aromatic rings. The molecule has 216 valence electrons. The molecule has 0 spiro atoms. The van der Waals surface area contributed by atoms with E-state index >= 15 is 0 Å². The highest BCUT2D eigenvalue weighted by Gasteiger charge is 2.64. The quantitative estimate of drug-likeness (QED) is 0.384. The first-order chi connectivity index (χ1) is 19.3. The molecule has 2 N–H and O–H groups in total. The van der Waals surface area contributed by atoms with E-state index in [0.717, 1.165) is 32.1 Å². The molecule has 4 aliphatic rings. The van der Waals surface area contributed by atoms with Crippen LogP contribution in [0.15, 0.2) is 66.7 Å². The van der Waals surface area contributed by atoms with Crippen molar-refractivity contribution in [2.45, 2.75) is 97.7 Å². The average molecular weight is 541 g/mol. The van der Waals surface area contributed by atoms with E-state index in [9.17, 15) is 10.2 Å². The summed E-state index contributed by atoms with van der Waals surface area (Å²) >= 11 is 0. The van der Waals surface area contributed by atoms with Crippen LogP contribution in [-0.4, -0.2) is 22.4 Å². The summed E-state index contributed by atoms with van der Waals surface area (Å²) in [6, 6.07) is 21.8. The fourth-order valence-corrected chi connectivity index (χ4v) is 11.0. The maximum Gasteiger partial charge on any atom is 0.0605 e. The molecule has 4 saturated carbocycles. The lowest BCUT2D eigenvalue weighted by Gasteiger charge is -2.64. The van der Waals surface area contributed by atoms with Gasteiger partial charge in [-0.3, -0.25) is 0 Å². The van der Waals surface area contributed by atoms with Gasteiger partial charge in [0, 0.05) is 0 Å². The largest absolute Gasteiger partial charge is 0.393 e. The van der Waals surface area contributed by atoms with Crippen molar-refractivity contribution >= 4 is 5.57 Å². The lowest BCUT2D eigenvalue weighted by Crippen LogP contribution is -2.62. The molecule has 2 heteroatoms. The maximum absolute atomic E-state index is 12.0. The molecule has 6 rings (SSSR count). The van der Waals surface area contributed by atoms with Crippen molar-refractivity contribution in [2.24, 2.45) is 52.3 Å². The Balaban J connectivity index is 1.26. The number of allylic oxidation sites excluding steroid dienone is 1. The van der Waals surface area contributed by atoms with Crippen molar-refractivity contribution in [3.63, 3.8) is 0 Å². The summed E-state index contributed by atoms with van der Waals surface area (Å²) in [5.41, 5.74) is 4.53. The summed E-state index contributed by atoms with van der Waals surface area (Å²) in [6.07, 6.45) is 12.4. The molecular weight excluding hydrogens is 488 g/mol. The zero-order valence-corrected chi connectivity index (χ0v) is 25.3. The third-order valence-corrected chi connectivity index (χ3v) is 13.0. The predicted molar refractivity (Wildman–Crippen MR) is 166 cm³/mol. The molecule has 0 saturated heterocycles. The molecule has 0 bridgehead atoms. The van der Waals surface area contributed by atoms with Gasteiger partial charge in [0.2, 0.25) is 0 Å². The zero-order chi connectivity index (χ0) is 28.1. The summed E-state index contributed by atoms with van der Waals surface area (Å²) < 4.78 is 0. The lowest BCUT2D eigenvalue weighted by molar-refractivity contribution is -0.203. The van der Waals surface area contributed by atoms with Gasteiger partial charge in [-0.05, 0) is 120 Å². The van der Waals surface area contributed by atoms with E-state index in [2.05, 4.69) is 94.4 Å². The fraction of sp³-hybridized carbons (Fsp3) is 0.632. The highest BCUT2D eigenvalue weighted by Crippen LogP contribution is 2.69. The second-order valence-electron chi connectivity index (χ2n) is 14.7. The van der Waals surface area contributed by atoms with Crippen LogP contribution in [0.2, 0.25) is 0 Å². The van der Waals surface area contributed by atoms with Crippen LogP contribution in [0.25, 0.3) is 5.57 Å². The fourth-order valence-electron chi connectivity index (χ4n) is 11.0. The second-order valence-corrected chi connectivity index (χ2v) is 14.7. The summed E-state index contributed by atoms with van der Waals surface area (Å²) in [4.78, 5) is 0. The number of hydrogen-bond acceptors (Lipinski definition) is 2. The van der Waals surface area contributed by atoms with E-state index < -0.39 is 0 Å². The average Bonchev–Trinajstić information content (AvgIpc) is 3.32. The molecule has 2 aromatic carbocycles. The molecule has 4 aliphatic carbocycles. The minimum atomic E-state index is -0.209. The molecule has 0 radical (unpaired) electrons. The van der Waals surface area contributed by atoms with E-state index in [1.54, 1.807) is 0 Å². The van der Waals surface area contributed by atoms with Gasteiger partial charge in [0.05, 0.1) is 12.2 Å². The molecule has 0 heterocycles. The Morgan fingerprint density at radius 1 is 0.825 bits per heavy atom. The SMILES string of the molecule is CC[C@H]1C(O)C2C3CC[C@H]([C@H](C)CC=C(c4ccccc4)c4ccccc4)[C@@]3(C)CCC2[C@@]2(C)CC[C@@H](O)C[C@@H]12. The highest BCUT2D eigenvalue weighted by atomic mass is 16.3. The Hall–Kier alpha value is -1.90. The van der Waals surface area contributed by atoms with Crippen LogP contribution in [0.5, 0.6) is 0 Å². The summed E-state index contributed by atoms with van der Waals surface area (Å²) in [5, 5.41) is 22.6. The number of aliphatic hydroxyl groups excluding tert-OH is 2. The number of aliphatic hydroxyl groups is 2. The van der Waals surface area contributed by atoms with Crippen molar-refractivity contribution in [3.8, 4) is 0 Å². The molecule has 4 unspecified atom stereocenters. The van der Waals surface area contributed by atoms with Crippen LogP contribution in [0, 0.1) is 52.3 Å². The standard InChI is InChI=1S/C38H52O2/c1-5-29-34-24-28(39)20-22-38(34,4)33-21-23-37(3)31(18-19-32(37)35(33)36(29)40)25(2)16-17-30(26-12-8-6-9-13-26)27-14-10-7-11-15-27/h6-15,17,25,28-29,31-36,39-40H,5,16,18-24H2,1-4H3/t25-,28-,29-,31-,32?,33?,34+,35?,36?,37-,38-/m1/s1. The molecule has 0 aromatic heterocycles. The van der Waals surface area contributed by atoms with Crippen LogP contribution >= 0.6 is 0 Å². The Bertz CT molecular complexity index is 1130. The zero-order valence-electron chi connectivity index (χ0n) is 25.3. The van der Waals surface area contributed by atoms with Crippen molar-refractivity contribution in [1.82, 2.24) is 0 Å². The molecule has 4 fully saturated rings. The van der Waals surface area contributed by atoms with Crippen LogP contribution in [-0.2, 0) is 0 Å². The van der Waals surface area contributed by atoms with Crippen molar-refractivity contribution in [2.75, 3.05) is 0 Å². The summed E-state index contributed by atoms with van der Waals surface area (Å²) in [5.74, 6) is 3.78. The molecule has 11 atom stereocenters. The lowest BCUT2D eigenvalue weighted by atomic mass is 9.41. The first kappa shape index (κ1) is 28.2. The van der Waals surface area contributed by atoms with Crippen LogP contribution in [0.1, 0.15) is 96.6 Å². The molecule has 40 heavy (non-hydrogen) atoms. The predicted octanol–water partition coefficient (Wildman–Crippen LogP) is 8.77. The van der Waals surface area contributed by atoms with Gasteiger partial charge in [0.15, 0.2) is 0 Å². The van der Waals surface area contributed by atoms with E-state index in [-0.39, 0.29) is 17.6 Å². The molecule has 2 nitrogen and oxygen atoms in total. The van der Waals surface area contributed by atoms with Gasteiger partial charge in [-0.1, -0.05) is 101 Å². The normalized spacial score (nSPS) is 41.4. The van der Waals surface area contributed by atoms with Gasteiger partial charge in [0.1, 0.15) is 0 Å². The Kier molecular flexibility index (Phi) is 7.81. The Labute approximate surface area is 243 Å². The maximum atomic E-state index is 12.0. The van der Waals surface area contributed by atoms with E-state index in [1.807, 2.05) is 0 Å². The van der Waals surface area contributed by atoms with Crippen LogP contribution in [0.4, 0.5) is 0 Å². The number of benzene rings is 2. The van der Waals surface area contributed by atoms with E-state index in [1.165, 1.54) is 42.4 Å². The minimum Gasteiger partial charge on any atom is -0.393 e. The van der Waals surface area contributed by atoms with Gasteiger partial charge in [-0.25, -0.2) is 0 Å². The summed E-state index contributed by atoms with van der Waals surface area (Å²) in [6.45, 7) is 9.93. The Morgan fingerprint density at radius 2 is 1.43 bits per heavy atom. The third-order valence-electron chi connectivity index (χ3n) is 13.0. The van der Waals surface area contributed by atoms with Crippen LogP contribution in [0.3, 0.4) is 0 Å². The molecule has 0 amide bonds. The molecular formula is C38H52O2. The van der Waals surface area contributed by atoms with E-state index in [4.69, 9.17) is 0 Å².